The van der Waals surface area contributed by atoms with Crippen LogP contribution in [0.1, 0.15) is 25.7 Å². The highest BCUT2D eigenvalue weighted by atomic mass is 32.2. The molecule has 1 unspecified atom stereocenters. The Morgan fingerprint density at radius 2 is 2.00 bits per heavy atom. The lowest BCUT2D eigenvalue weighted by Crippen LogP contribution is -2.41. The first-order chi connectivity index (χ1) is 17.8. The summed E-state index contributed by atoms with van der Waals surface area (Å²) in [7, 11) is 1.81. The number of fused-ring (bicyclic) bond motifs is 2. The van der Waals surface area contributed by atoms with Crippen LogP contribution in [0.3, 0.4) is 0 Å². The smallest absolute Gasteiger partial charge is 0.265 e. The first-order valence-corrected chi connectivity index (χ1v) is 13.1. The lowest BCUT2D eigenvalue weighted by atomic mass is 10.1. The van der Waals surface area contributed by atoms with Crippen molar-refractivity contribution in [2.45, 2.75) is 25.0 Å². The lowest BCUT2D eigenvalue weighted by molar-refractivity contribution is -0.122. The molecule has 1 atom stereocenters. The number of anilines is 3. The molecular formula is C24H23N7O4S2. The number of rotatable bonds is 7. The number of carbonyl (C=O) groups is 3. The standard InChI is InChI=1S/C24H23N7O4S2/c1-13(31-17-6-4-5-7-18(17)35-11-21(31)34)22-28-29-24(30(22)3)36-12-20(33)27-23-26-16-9-8-15(25-14(2)32)10-19(16)37-23/h4-10,13H,11-12H2,1-3H3,(H,25,32)(H,26,27,33). The number of thioether (sulfide) groups is 1. The molecule has 0 spiro atoms. The average Bonchev–Trinajstić information content (AvgIpc) is 3.43. The van der Waals surface area contributed by atoms with Crippen LogP contribution < -0.4 is 20.3 Å². The molecule has 0 fully saturated rings. The van der Waals surface area contributed by atoms with E-state index in [4.69, 9.17) is 4.74 Å². The predicted octanol–water partition coefficient (Wildman–Crippen LogP) is 3.60. The summed E-state index contributed by atoms with van der Waals surface area (Å²) in [5, 5.41) is 15.1. The van der Waals surface area contributed by atoms with Gasteiger partial charge in [-0.25, -0.2) is 4.98 Å². The maximum atomic E-state index is 12.7. The average molecular weight is 538 g/mol. The molecule has 3 amide bonds. The molecule has 13 heteroatoms. The van der Waals surface area contributed by atoms with E-state index in [1.54, 1.807) is 21.6 Å². The number of nitrogens with zero attached hydrogens (tertiary/aromatic N) is 5. The zero-order chi connectivity index (χ0) is 26.1. The Hall–Kier alpha value is -3.97. The zero-order valence-corrected chi connectivity index (χ0v) is 21.9. The highest BCUT2D eigenvalue weighted by molar-refractivity contribution is 7.99. The predicted molar refractivity (Wildman–Crippen MR) is 142 cm³/mol. The van der Waals surface area contributed by atoms with Crippen molar-refractivity contribution in [3.8, 4) is 5.75 Å². The second-order valence-electron chi connectivity index (χ2n) is 8.32. The number of carbonyl (C=O) groups excluding carboxylic acids is 3. The van der Waals surface area contributed by atoms with Gasteiger partial charge in [0.1, 0.15) is 5.75 Å². The third-order valence-electron chi connectivity index (χ3n) is 5.66. The van der Waals surface area contributed by atoms with Crippen LogP contribution in [0.15, 0.2) is 47.6 Å². The Kier molecular flexibility index (Phi) is 6.80. The van der Waals surface area contributed by atoms with Crippen molar-refractivity contribution in [2.75, 3.05) is 27.9 Å². The van der Waals surface area contributed by atoms with Gasteiger partial charge < -0.3 is 19.9 Å². The van der Waals surface area contributed by atoms with E-state index < -0.39 is 0 Å². The van der Waals surface area contributed by atoms with Crippen LogP contribution in [-0.2, 0) is 21.4 Å². The van der Waals surface area contributed by atoms with Gasteiger partial charge in [-0.1, -0.05) is 35.2 Å². The number of amides is 3. The van der Waals surface area contributed by atoms with Crippen molar-refractivity contribution in [1.29, 1.82) is 0 Å². The van der Waals surface area contributed by atoms with E-state index in [2.05, 4.69) is 25.8 Å². The highest BCUT2D eigenvalue weighted by Gasteiger charge is 2.32. The van der Waals surface area contributed by atoms with Gasteiger partial charge in [-0.05, 0) is 37.3 Å². The van der Waals surface area contributed by atoms with Crippen molar-refractivity contribution in [1.82, 2.24) is 19.7 Å². The van der Waals surface area contributed by atoms with Gasteiger partial charge in [0.25, 0.3) is 5.91 Å². The third-order valence-corrected chi connectivity index (χ3v) is 7.62. The largest absolute Gasteiger partial charge is 0.482 e. The van der Waals surface area contributed by atoms with E-state index in [1.807, 2.05) is 44.3 Å². The molecule has 3 heterocycles. The molecular weight excluding hydrogens is 514 g/mol. The van der Waals surface area contributed by atoms with E-state index in [1.165, 1.54) is 30.0 Å². The Labute approximate surface area is 220 Å². The fourth-order valence-corrected chi connectivity index (χ4v) is 5.66. The van der Waals surface area contributed by atoms with Gasteiger partial charge in [0.05, 0.1) is 27.7 Å². The fraction of sp³-hybridized carbons (Fsp3) is 0.250. The molecule has 0 radical (unpaired) electrons. The summed E-state index contributed by atoms with van der Waals surface area (Å²) in [5.74, 6) is 0.783. The lowest BCUT2D eigenvalue weighted by Gasteiger charge is -2.33. The molecule has 190 valence electrons. The molecule has 5 rings (SSSR count). The maximum absolute atomic E-state index is 12.7. The summed E-state index contributed by atoms with van der Waals surface area (Å²) >= 11 is 2.57. The van der Waals surface area contributed by atoms with Crippen molar-refractivity contribution in [3.63, 3.8) is 0 Å². The summed E-state index contributed by atoms with van der Waals surface area (Å²) in [4.78, 5) is 42.7. The summed E-state index contributed by atoms with van der Waals surface area (Å²) in [6.45, 7) is 3.29. The topological polar surface area (TPSA) is 131 Å². The molecule has 4 aromatic rings. The van der Waals surface area contributed by atoms with Crippen molar-refractivity contribution in [2.24, 2.45) is 7.05 Å². The Morgan fingerprint density at radius 3 is 2.81 bits per heavy atom. The van der Waals surface area contributed by atoms with E-state index in [-0.39, 0.29) is 36.1 Å². The summed E-state index contributed by atoms with van der Waals surface area (Å²) in [6, 6.07) is 12.4. The van der Waals surface area contributed by atoms with E-state index in [0.29, 0.717) is 33.2 Å². The normalized spacial score (nSPS) is 13.7. The van der Waals surface area contributed by atoms with Gasteiger partial charge >= 0.3 is 0 Å². The summed E-state index contributed by atoms with van der Waals surface area (Å²) < 4.78 is 8.17. The quantitative estimate of drug-likeness (QED) is 0.342. The zero-order valence-electron chi connectivity index (χ0n) is 20.2. The first kappa shape index (κ1) is 24.7. The molecule has 0 aliphatic carbocycles. The van der Waals surface area contributed by atoms with Crippen LogP contribution in [0, 0.1) is 0 Å². The van der Waals surface area contributed by atoms with Gasteiger partial charge in [0.15, 0.2) is 22.7 Å². The number of hydrogen-bond acceptors (Lipinski definition) is 9. The van der Waals surface area contributed by atoms with Crippen molar-refractivity contribution < 1.29 is 19.1 Å². The molecule has 1 aliphatic rings. The van der Waals surface area contributed by atoms with Crippen molar-refractivity contribution in [3.05, 3.63) is 48.3 Å². The molecule has 0 saturated heterocycles. The molecule has 2 N–H and O–H groups in total. The van der Waals surface area contributed by atoms with Crippen LogP contribution in [0.5, 0.6) is 5.75 Å². The SMILES string of the molecule is CC(=O)Nc1ccc2nc(NC(=O)CSc3nnc(C(C)N4C(=O)COc5ccccc54)n3C)sc2c1. The minimum Gasteiger partial charge on any atom is -0.482 e. The summed E-state index contributed by atoms with van der Waals surface area (Å²) in [6.07, 6.45) is 0. The molecule has 2 aromatic heterocycles. The van der Waals surface area contributed by atoms with Gasteiger partial charge in [0.2, 0.25) is 11.8 Å². The third kappa shape index (κ3) is 5.13. The van der Waals surface area contributed by atoms with Gasteiger partial charge in [0, 0.05) is 19.7 Å². The number of aromatic nitrogens is 4. The number of thiazole rings is 1. The van der Waals surface area contributed by atoms with Gasteiger partial charge in [-0.3, -0.25) is 19.3 Å². The number of nitrogens with one attached hydrogen (secondary N) is 2. The van der Waals surface area contributed by atoms with E-state index >= 15 is 0 Å². The number of ether oxygens (including phenoxy) is 1. The number of para-hydroxylation sites is 2. The van der Waals surface area contributed by atoms with Crippen LogP contribution in [-0.4, -0.2) is 49.8 Å². The van der Waals surface area contributed by atoms with Gasteiger partial charge in [-0.15, -0.1) is 10.2 Å². The second kappa shape index (κ2) is 10.2. The molecule has 0 saturated carbocycles. The molecule has 2 aromatic carbocycles. The van der Waals surface area contributed by atoms with E-state index in [9.17, 15) is 14.4 Å². The maximum Gasteiger partial charge on any atom is 0.265 e. The van der Waals surface area contributed by atoms with Gasteiger partial charge in [-0.2, -0.15) is 0 Å². The van der Waals surface area contributed by atoms with Crippen LogP contribution in [0.25, 0.3) is 10.2 Å². The highest BCUT2D eigenvalue weighted by Crippen LogP contribution is 2.37. The van der Waals surface area contributed by atoms with Crippen molar-refractivity contribution >= 4 is 67.5 Å². The Bertz CT molecular complexity index is 1520. The Balaban J connectivity index is 1.24. The van der Waals surface area contributed by atoms with Crippen LogP contribution in [0.2, 0.25) is 0 Å². The van der Waals surface area contributed by atoms with E-state index in [0.717, 1.165) is 10.2 Å². The number of benzene rings is 2. The van der Waals surface area contributed by atoms with Crippen LogP contribution >= 0.6 is 23.1 Å². The number of hydrogen-bond donors (Lipinski definition) is 2. The minimum absolute atomic E-state index is 0.0404. The first-order valence-electron chi connectivity index (χ1n) is 11.3. The van der Waals surface area contributed by atoms with Crippen LogP contribution in [0.4, 0.5) is 16.5 Å². The minimum atomic E-state index is -0.386. The molecule has 37 heavy (non-hydrogen) atoms. The Morgan fingerprint density at radius 1 is 1.19 bits per heavy atom. The monoisotopic (exact) mass is 537 g/mol. The fourth-order valence-electron chi connectivity index (χ4n) is 4.02. The molecule has 0 bridgehead atoms. The molecule has 1 aliphatic heterocycles. The molecule has 11 nitrogen and oxygen atoms in total. The second-order valence-corrected chi connectivity index (χ2v) is 10.3. The summed E-state index contributed by atoms with van der Waals surface area (Å²) in [5.41, 5.74) is 2.09.